The third-order valence-corrected chi connectivity index (χ3v) is 5.56. The van der Waals surface area contributed by atoms with Crippen molar-refractivity contribution in [3.8, 4) is 0 Å². The molecule has 0 aliphatic heterocycles. The van der Waals surface area contributed by atoms with Crippen molar-refractivity contribution in [3.05, 3.63) is 82.6 Å². The molecule has 0 saturated heterocycles. The van der Waals surface area contributed by atoms with Crippen LogP contribution in [0.2, 0.25) is 0 Å². The first-order chi connectivity index (χ1) is 14.1. The number of amides is 2. The molecule has 0 fully saturated rings. The van der Waals surface area contributed by atoms with Crippen molar-refractivity contribution in [2.24, 2.45) is 0 Å². The van der Waals surface area contributed by atoms with Crippen molar-refractivity contribution < 1.29 is 9.59 Å². The molecule has 5 nitrogen and oxygen atoms in total. The molecule has 0 saturated carbocycles. The van der Waals surface area contributed by atoms with Gasteiger partial charge in [-0.15, -0.1) is 22.9 Å². The molecule has 0 spiro atoms. The Labute approximate surface area is 179 Å². The normalized spacial score (nSPS) is 11.6. The minimum atomic E-state index is -0.821. The lowest BCUT2D eigenvalue weighted by molar-refractivity contribution is -0.125. The topological polar surface area (TPSA) is 75.4 Å². The molecular weight excluding hydrogens is 406 g/mol. The lowest BCUT2D eigenvalue weighted by Gasteiger charge is -2.30. The highest BCUT2D eigenvalue weighted by molar-refractivity contribution is 7.10. The molecule has 2 amide bonds. The molecule has 0 bridgehead atoms. The van der Waals surface area contributed by atoms with Crippen LogP contribution in [0.4, 0.5) is 11.4 Å². The molecule has 3 N–H and O–H groups in total. The number of carbonyl (C=O) groups excluding carboxylic acids is 2. The predicted molar refractivity (Wildman–Crippen MR) is 119 cm³/mol. The van der Waals surface area contributed by atoms with Gasteiger partial charge < -0.3 is 11.1 Å². The van der Waals surface area contributed by atoms with Gasteiger partial charge >= 0.3 is 0 Å². The number of benzene rings is 2. The van der Waals surface area contributed by atoms with Gasteiger partial charge in [-0.05, 0) is 41.6 Å². The molecule has 1 heterocycles. The van der Waals surface area contributed by atoms with Crippen LogP contribution in [0.3, 0.4) is 0 Å². The van der Waals surface area contributed by atoms with Crippen LogP contribution in [-0.2, 0) is 16.0 Å². The average Bonchev–Trinajstić information content (AvgIpc) is 3.26. The van der Waals surface area contributed by atoms with E-state index in [1.54, 1.807) is 24.3 Å². The lowest BCUT2D eigenvalue weighted by Crippen LogP contribution is -2.44. The van der Waals surface area contributed by atoms with E-state index in [-0.39, 0.29) is 17.7 Å². The number of nitrogens with two attached hydrogens (primary N) is 1. The van der Waals surface area contributed by atoms with Gasteiger partial charge in [0.25, 0.3) is 0 Å². The van der Waals surface area contributed by atoms with Gasteiger partial charge in [0.2, 0.25) is 11.8 Å². The Balaban J connectivity index is 1.86. The van der Waals surface area contributed by atoms with Crippen molar-refractivity contribution >= 4 is 46.1 Å². The number of rotatable bonds is 8. The van der Waals surface area contributed by atoms with E-state index < -0.39 is 6.04 Å². The van der Waals surface area contributed by atoms with Gasteiger partial charge in [-0.1, -0.05) is 42.5 Å². The number of alkyl halides is 1. The molecule has 150 valence electrons. The number of hydrogen-bond acceptors (Lipinski definition) is 4. The van der Waals surface area contributed by atoms with Gasteiger partial charge in [0, 0.05) is 22.8 Å². The molecule has 1 atom stereocenters. The van der Waals surface area contributed by atoms with Crippen molar-refractivity contribution in [2.45, 2.75) is 12.5 Å². The summed E-state index contributed by atoms with van der Waals surface area (Å²) in [5.74, 6) is -0.869. The highest BCUT2D eigenvalue weighted by Gasteiger charge is 2.33. The third-order valence-electron chi connectivity index (χ3n) is 4.41. The summed E-state index contributed by atoms with van der Waals surface area (Å²) >= 11 is 7.30. The Kier molecular flexibility index (Phi) is 7.27. The number of hydrogen-bond donors (Lipinski definition) is 2. The molecule has 3 rings (SSSR count). The van der Waals surface area contributed by atoms with Gasteiger partial charge in [-0.25, -0.2) is 0 Å². The maximum atomic E-state index is 13.2. The Morgan fingerprint density at radius 2 is 1.86 bits per heavy atom. The minimum Gasteiger partial charge on any atom is -0.399 e. The minimum absolute atomic E-state index is 0.242. The van der Waals surface area contributed by atoms with Crippen LogP contribution in [0, 0.1) is 0 Å². The fourth-order valence-electron chi connectivity index (χ4n) is 3.07. The quantitative estimate of drug-likeness (QED) is 0.421. The Bertz CT molecular complexity index is 948. The Hall–Kier alpha value is -2.83. The summed E-state index contributed by atoms with van der Waals surface area (Å²) in [5.41, 5.74) is 8.08. The molecule has 0 aliphatic carbocycles. The van der Waals surface area contributed by atoms with E-state index in [1.807, 2.05) is 47.8 Å². The summed E-state index contributed by atoms with van der Waals surface area (Å²) in [5, 5.41) is 4.84. The van der Waals surface area contributed by atoms with Crippen LogP contribution in [0.25, 0.3) is 0 Å². The molecule has 3 aromatic rings. The molecule has 1 unspecified atom stereocenters. The fraction of sp³-hybridized carbons (Fsp3) is 0.182. The van der Waals surface area contributed by atoms with Crippen LogP contribution in [-0.4, -0.2) is 24.2 Å². The number of thiophene rings is 1. The summed E-state index contributed by atoms with van der Waals surface area (Å²) in [6, 6.07) is 19.7. The van der Waals surface area contributed by atoms with Crippen LogP contribution >= 0.6 is 22.9 Å². The summed E-state index contributed by atoms with van der Waals surface area (Å²) < 4.78 is 0. The van der Waals surface area contributed by atoms with Crippen LogP contribution in [0.15, 0.2) is 72.1 Å². The molecule has 2 aromatic carbocycles. The van der Waals surface area contributed by atoms with E-state index in [0.29, 0.717) is 24.3 Å². The fourth-order valence-corrected chi connectivity index (χ4v) is 4.01. The van der Waals surface area contributed by atoms with E-state index in [9.17, 15) is 9.59 Å². The molecular formula is C22H22ClN3O2S. The number of anilines is 2. The van der Waals surface area contributed by atoms with Crippen molar-refractivity contribution in [1.29, 1.82) is 0 Å². The number of halogens is 1. The van der Waals surface area contributed by atoms with Crippen molar-refractivity contribution in [2.75, 3.05) is 23.1 Å². The van der Waals surface area contributed by atoms with Crippen LogP contribution in [0.1, 0.15) is 16.5 Å². The summed E-state index contributed by atoms with van der Waals surface area (Å²) in [4.78, 5) is 28.1. The summed E-state index contributed by atoms with van der Waals surface area (Å²) in [6.45, 7) is 0.463. The zero-order chi connectivity index (χ0) is 20.6. The predicted octanol–water partition coefficient (Wildman–Crippen LogP) is 4.00. The average molecular weight is 428 g/mol. The first kappa shape index (κ1) is 20.9. The summed E-state index contributed by atoms with van der Waals surface area (Å²) in [7, 11) is 0. The second-order valence-electron chi connectivity index (χ2n) is 6.44. The molecule has 0 aliphatic rings. The lowest BCUT2D eigenvalue weighted by atomic mass is 10.1. The highest BCUT2D eigenvalue weighted by atomic mass is 35.5. The van der Waals surface area contributed by atoms with E-state index in [0.717, 1.165) is 10.4 Å². The summed E-state index contributed by atoms with van der Waals surface area (Å²) in [6.07, 6.45) is 0.700. The SMILES string of the molecule is Nc1cccc(N(C(=O)CCl)C(C(=O)NCCc2ccccc2)c2cccs2)c1. The first-order valence-corrected chi connectivity index (χ1v) is 10.6. The number of carbonyl (C=O) groups is 2. The van der Waals surface area contributed by atoms with Crippen LogP contribution < -0.4 is 16.0 Å². The molecule has 1 aromatic heterocycles. The number of nitrogen functional groups attached to an aromatic ring is 1. The molecule has 29 heavy (non-hydrogen) atoms. The van der Waals surface area contributed by atoms with E-state index in [2.05, 4.69) is 5.32 Å². The van der Waals surface area contributed by atoms with Gasteiger partial charge in [0.1, 0.15) is 11.9 Å². The zero-order valence-electron chi connectivity index (χ0n) is 15.8. The van der Waals surface area contributed by atoms with E-state index >= 15 is 0 Å². The second kappa shape index (κ2) is 10.1. The first-order valence-electron chi connectivity index (χ1n) is 9.18. The molecule has 7 heteroatoms. The monoisotopic (exact) mass is 427 g/mol. The van der Waals surface area contributed by atoms with Crippen LogP contribution in [0.5, 0.6) is 0 Å². The number of nitrogens with one attached hydrogen (secondary N) is 1. The Morgan fingerprint density at radius 3 is 2.52 bits per heavy atom. The van der Waals surface area contributed by atoms with E-state index in [4.69, 9.17) is 17.3 Å². The maximum Gasteiger partial charge on any atom is 0.248 e. The maximum absolute atomic E-state index is 13.2. The van der Waals surface area contributed by atoms with Gasteiger partial charge in [-0.3, -0.25) is 14.5 Å². The number of nitrogens with zero attached hydrogens (tertiary/aromatic N) is 1. The standard InChI is InChI=1S/C22H22ClN3O2S/c23-15-20(27)26(18-9-4-8-17(24)14-18)21(19-10-5-13-29-19)22(28)25-12-11-16-6-2-1-3-7-16/h1-10,13-14,21H,11-12,15,24H2,(H,25,28). The van der Waals surface area contributed by atoms with Crippen molar-refractivity contribution in [1.82, 2.24) is 5.32 Å². The third kappa shape index (κ3) is 5.37. The van der Waals surface area contributed by atoms with Gasteiger partial charge in [0.05, 0.1) is 0 Å². The molecule has 0 radical (unpaired) electrons. The van der Waals surface area contributed by atoms with Crippen molar-refractivity contribution in [3.63, 3.8) is 0 Å². The Morgan fingerprint density at radius 1 is 1.07 bits per heavy atom. The van der Waals surface area contributed by atoms with Gasteiger partial charge in [-0.2, -0.15) is 0 Å². The second-order valence-corrected chi connectivity index (χ2v) is 7.68. The zero-order valence-corrected chi connectivity index (χ0v) is 17.3. The van der Waals surface area contributed by atoms with Gasteiger partial charge in [0.15, 0.2) is 0 Å². The largest absolute Gasteiger partial charge is 0.399 e. The van der Waals surface area contributed by atoms with E-state index in [1.165, 1.54) is 16.2 Å². The highest BCUT2D eigenvalue weighted by Crippen LogP contribution is 2.31. The smallest absolute Gasteiger partial charge is 0.248 e.